The zero-order valence-corrected chi connectivity index (χ0v) is 16.5. The van der Waals surface area contributed by atoms with Crippen LogP contribution >= 0.6 is 0 Å². The maximum atomic E-state index is 12.6. The molecule has 1 atom stereocenters. The molecule has 7 heteroatoms. The van der Waals surface area contributed by atoms with Crippen LogP contribution in [0.5, 0.6) is 5.75 Å². The molecule has 0 fully saturated rings. The number of amides is 1. The summed E-state index contributed by atoms with van der Waals surface area (Å²) in [6.45, 7) is 5.34. The number of nitrogens with zero attached hydrogens (tertiary/aromatic N) is 1. The molecule has 3 rings (SSSR count). The van der Waals surface area contributed by atoms with Gasteiger partial charge in [-0.1, -0.05) is 35.5 Å². The second-order valence-electron chi connectivity index (χ2n) is 6.49. The van der Waals surface area contributed by atoms with Crippen molar-refractivity contribution in [3.8, 4) is 5.75 Å². The number of aromatic nitrogens is 1. The van der Waals surface area contributed by atoms with E-state index in [1.54, 1.807) is 55.5 Å². The van der Waals surface area contributed by atoms with Gasteiger partial charge in [-0.15, -0.1) is 0 Å². The molecule has 2 aromatic carbocycles. The third-order valence-electron chi connectivity index (χ3n) is 4.35. The van der Waals surface area contributed by atoms with E-state index in [0.29, 0.717) is 17.2 Å². The monoisotopic (exact) mass is 394 g/mol. The van der Waals surface area contributed by atoms with Crippen LogP contribution in [0.2, 0.25) is 0 Å². The first-order valence-electron chi connectivity index (χ1n) is 9.16. The number of hydrogen-bond acceptors (Lipinski definition) is 6. The van der Waals surface area contributed by atoms with Gasteiger partial charge < -0.3 is 19.3 Å². The Morgan fingerprint density at radius 2 is 1.76 bits per heavy atom. The van der Waals surface area contributed by atoms with Crippen molar-refractivity contribution in [1.82, 2.24) is 5.16 Å². The molecule has 0 aliphatic heterocycles. The molecule has 7 nitrogen and oxygen atoms in total. The van der Waals surface area contributed by atoms with Gasteiger partial charge >= 0.3 is 5.97 Å². The van der Waals surface area contributed by atoms with Crippen LogP contribution in [-0.2, 0) is 16.1 Å². The number of esters is 1. The van der Waals surface area contributed by atoms with Crippen molar-refractivity contribution < 1.29 is 23.6 Å². The molecule has 1 aromatic heterocycles. The highest BCUT2D eigenvalue weighted by atomic mass is 16.5. The second-order valence-corrected chi connectivity index (χ2v) is 6.49. The molecule has 0 saturated heterocycles. The van der Waals surface area contributed by atoms with Gasteiger partial charge in [-0.25, -0.2) is 4.79 Å². The third-order valence-corrected chi connectivity index (χ3v) is 4.35. The number of para-hydroxylation sites is 2. The number of nitrogens with one attached hydrogen (secondary N) is 1. The molecule has 150 valence electrons. The first-order chi connectivity index (χ1) is 14.0. The van der Waals surface area contributed by atoms with Crippen molar-refractivity contribution in [2.24, 2.45) is 0 Å². The van der Waals surface area contributed by atoms with Gasteiger partial charge in [0.15, 0.2) is 6.10 Å². The number of benzene rings is 2. The summed E-state index contributed by atoms with van der Waals surface area (Å²) >= 11 is 0. The van der Waals surface area contributed by atoms with Crippen molar-refractivity contribution in [2.75, 3.05) is 5.32 Å². The summed E-state index contributed by atoms with van der Waals surface area (Å²) in [5.41, 5.74) is 2.42. The van der Waals surface area contributed by atoms with Gasteiger partial charge in [-0.2, -0.15) is 0 Å². The van der Waals surface area contributed by atoms with Crippen molar-refractivity contribution in [2.45, 2.75) is 33.5 Å². The molecular formula is C22H22N2O5. The van der Waals surface area contributed by atoms with Crippen LogP contribution in [0.15, 0.2) is 59.1 Å². The normalized spacial score (nSPS) is 11.6. The summed E-state index contributed by atoms with van der Waals surface area (Å²) in [6.07, 6.45) is -0.974. The lowest BCUT2D eigenvalue weighted by molar-refractivity contribution is -0.123. The van der Waals surface area contributed by atoms with Gasteiger partial charge in [0, 0.05) is 5.69 Å². The maximum absolute atomic E-state index is 12.6. The molecule has 0 saturated carbocycles. The van der Waals surface area contributed by atoms with E-state index >= 15 is 0 Å². The average Bonchev–Trinajstić information content (AvgIpc) is 3.04. The average molecular weight is 394 g/mol. The molecule has 0 unspecified atom stereocenters. The van der Waals surface area contributed by atoms with Crippen LogP contribution in [-0.4, -0.2) is 23.1 Å². The molecule has 1 N–H and O–H groups in total. The van der Waals surface area contributed by atoms with Crippen LogP contribution < -0.4 is 10.1 Å². The quantitative estimate of drug-likeness (QED) is 0.608. The van der Waals surface area contributed by atoms with E-state index in [4.69, 9.17) is 14.0 Å². The lowest BCUT2D eigenvalue weighted by Gasteiger charge is -2.15. The third kappa shape index (κ3) is 5.01. The van der Waals surface area contributed by atoms with Crippen molar-refractivity contribution in [3.05, 3.63) is 77.2 Å². The van der Waals surface area contributed by atoms with Crippen molar-refractivity contribution in [3.63, 3.8) is 0 Å². The molecule has 0 aliphatic rings. The highest BCUT2D eigenvalue weighted by Crippen LogP contribution is 2.23. The predicted molar refractivity (Wildman–Crippen MR) is 107 cm³/mol. The molecular weight excluding hydrogens is 372 g/mol. The smallest absolute Gasteiger partial charge is 0.342 e. The molecule has 29 heavy (non-hydrogen) atoms. The fourth-order valence-electron chi connectivity index (χ4n) is 2.66. The Bertz CT molecular complexity index is 978. The van der Waals surface area contributed by atoms with Gasteiger partial charge in [0.05, 0.1) is 11.3 Å². The number of carbonyl (C=O) groups excluding carboxylic acids is 2. The molecule has 0 radical (unpaired) electrons. The van der Waals surface area contributed by atoms with E-state index in [2.05, 4.69) is 10.5 Å². The Morgan fingerprint density at radius 1 is 1.07 bits per heavy atom. The van der Waals surface area contributed by atoms with Gasteiger partial charge in [0.1, 0.15) is 23.7 Å². The molecule has 1 heterocycles. The molecule has 1 amide bonds. The van der Waals surface area contributed by atoms with Crippen molar-refractivity contribution in [1.29, 1.82) is 0 Å². The van der Waals surface area contributed by atoms with Gasteiger partial charge in [-0.05, 0) is 45.0 Å². The summed E-state index contributed by atoms with van der Waals surface area (Å²) in [4.78, 5) is 24.9. The van der Waals surface area contributed by atoms with E-state index in [1.807, 2.05) is 13.0 Å². The Kier molecular flexibility index (Phi) is 6.29. The zero-order chi connectivity index (χ0) is 20.8. The fraction of sp³-hybridized carbons (Fsp3) is 0.227. The lowest BCUT2D eigenvalue weighted by Crippen LogP contribution is -2.30. The summed E-state index contributed by atoms with van der Waals surface area (Å²) in [7, 11) is 0. The van der Waals surface area contributed by atoms with Crippen LogP contribution in [0.1, 0.15) is 34.3 Å². The topological polar surface area (TPSA) is 90.7 Å². The first kappa shape index (κ1) is 20.1. The van der Waals surface area contributed by atoms with E-state index in [0.717, 1.165) is 11.3 Å². The van der Waals surface area contributed by atoms with Crippen molar-refractivity contribution >= 4 is 17.6 Å². The standard InChI is InChI=1S/C22H22N2O5/c1-14-19(15(2)29-24-14)13-27-20-12-8-7-11-18(20)22(26)28-16(3)21(25)23-17-9-5-4-6-10-17/h4-12,16H,13H2,1-3H3,(H,23,25)/t16-/m1/s1. The highest BCUT2D eigenvalue weighted by molar-refractivity contribution is 5.98. The lowest BCUT2D eigenvalue weighted by atomic mass is 10.2. The Hall–Kier alpha value is -3.61. The maximum Gasteiger partial charge on any atom is 0.342 e. The largest absolute Gasteiger partial charge is 0.488 e. The minimum Gasteiger partial charge on any atom is -0.488 e. The number of ether oxygens (including phenoxy) is 2. The van der Waals surface area contributed by atoms with E-state index in [-0.39, 0.29) is 12.2 Å². The number of hydrogen-bond donors (Lipinski definition) is 1. The Morgan fingerprint density at radius 3 is 2.45 bits per heavy atom. The molecule has 0 spiro atoms. The summed E-state index contributed by atoms with van der Waals surface area (Å²) in [5, 5.41) is 6.59. The number of rotatable bonds is 7. The minimum absolute atomic E-state index is 0.204. The molecule has 3 aromatic rings. The van der Waals surface area contributed by atoms with Gasteiger partial charge in [0.2, 0.25) is 0 Å². The predicted octanol–water partition coefficient (Wildman–Crippen LogP) is 4.05. The van der Waals surface area contributed by atoms with E-state index in [1.165, 1.54) is 6.92 Å². The number of aryl methyl sites for hydroxylation is 2. The van der Waals surface area contributed by atoms with Crippen LogP contribution in [0, 0.1) is 13.8 Å². The van der Waals surface area contributed by atoms with E-state index < -0.39 is 18.0 Å². The fourth-order valence-corrected chi connectivity index (χ4v) is 2.66. The second kappa shape index (κ2) is 9.05. The first-order valence-corrected chi connectivity index (χ1v) is 9.16. The molecule has 0 aliphatic carbocycles. The SMILES string of the molecule is Cc1noc(C)c1COc1ccccc1C(=O)O[C@H](C)C(=O)Nc1ccccc1. The summed E-state index contributed by atoms with van der Waals surface area (Å²) < 4.78 is 16.3. The van der Waals surface area contributed by atoms with Crippen LogP contribution in [0.4, 0.5) is 5.69 Å². The van der Waals surface area contributed by atoms with Gasteiger partial charge in [-0.3, -0.25) is 4.79 Å². The molecule has 0 bridgehead atoms. The Labute approximate surface area is 168 Å². The number of anilines is 1. The summed E-state index contributed by atoms with van der Waals surface area (Å²) in [5.74, 6) is -0.0457. The van der Waals surface area contributed by atoms with Crippen LogP contribution in [0.3, 0.4) is 0 Å². The van der Waals surface area contributed by atoms with E-state index in [9.17, 15) is 9.59 Å². The highest BCUT2D eigenvalue weighted by Gasteiger charge is 2.22. The minimum atomic E-state index is -0.974. The summed E-state index contributed by atoms with van der Waals surface area (Å²) in [6, 6.07) is 15.7. The van der Waals surface area contributed by atoms with Crippen LogP contribution in [0.25, 0.3) is 0 Å². The van der Waals surface area contributed by atoms with Gasteiger partial charge in [0.25, 0.3) is 5.91 Å². The number of carbonyl (C=O) groups is 2. The Balaban J connectivity index is 1.65. The zero-order valence-electron chi connectivity index (χ0n) is 16.5.